The highest BCUT2D eigenvalue weighted by Crippen LogP contribution is 2.33. The third kappa shape index (κ3) is 2.79. The molecule has 2 N–H and O–H groups in total. The maximum Gasteiger partial charge on any atom is 0.230 e. The predicted molar refractivity (Wildman–Crippen MR) is 91.2 cm³/mol. The van der Waals surface area contributed by atoms with Crippen molar-refractivity contribution in [1.29, 1.82) is 5.26 Å². The number of amides is 1. The molecule has 1 amide bonds. The maximum atomic E-state index is 12.9. The molecule has 24 heavy (non-hydrogen) atoms. The Bertz CT molecular complexity index is 820. The molecule has 122 valence electrons. The summed E-state index contributed by atoms with van der Waals surface area (Å²) < 4.78 is 0. The molecule has 0 aliphatic heterocycles. The standard InChI is InChI=1S/C20H20N2O2/c1-20(2,15-8-5-6-13(10-15)12-21)19(24)22-18-16-9-4-3-7-14(16)11-17(18)23/h3-10,17-18,23H,11H2,1-2H3,(H,22,24). The molecular formula is C20H20N2O2. The van der Waals surface area contributed by atoms with Crippen LogP contribution in [-0.2, 0) is 16.6 Å². The van der Waals surface area contributed by atoms with Gasteiger partial charge in [0.05, 0.1) is 29.2 Å². The van der Waals surface area contributed by atoms with Gasteiger partial charge in [0.2, 0.25) is 5.91 Å². The Balaban J connectivity index is 1.85. The number of carbonyl (C=O) groups is 1. The van der Waals surface area contributed by atoms with Crippen molar-refractivity contribution in [2.24, 2.45) is 0 Å². The summed E-state index contributed by atoms with van der Waals surface area (Å²) in [6, 6.07) is 16.6. The SMILES string of the molecule is CC(C)(C(=O)NC1c2ccccc2CC1O)c1cccc(C#N)c1. The largest absolute Gasteiger partial charge is 0.390 e. The molecule has 2 unspecified atom stereocenters. The second-order valence-corrected chi connectivity index (χ2v) is 6.74. The molecule has 0 aromatic heterocycles. The van der Waals surface area contributed by atoms with E-state index in [1.54, 1.807) is 18.2 Å². The normalized spacial score (nSPS) is 19.4. The topological polar surface area (TPSA) is 73.1 Å². The highest BCUT2D eigenvalue weighted by Gasteiger charge is 2.37. The van der Waals surface area contributed by atoms with Gasteiger partial charge in [-0.1, -0.05) is 36.4 Å². The van der Waals surface area contributed by atoms with E-state index in [0.29, 0.717) is 12.0 Å². The fourth-order valence-electron chi connectivity index (χ4n) is 3.18. The Hall–Kier alpha value is -2.64. The molecule has 2 atom stereocenters. The van der Waals surface area contributed by atoms with Crippen LogP contribution in [0.5, 0.6) is 0 Å². The Morgan fingerprint density at radius 3 is 2.75 bits per heavy atom. The van der Waals surface area contributed by atoms with Crippen LogP contribution < -0.4 is 5.32 Å². The van der Waals surface area contributed by atoms with Crippen molar-refractivity contribution < 1.29 is 9.90 Å². The number of fused-ring (bicyclic) bond motifs is 1. The van der Waals surface area contributed by atoms with Gasteiger partial charge >= 0.3 is 0 Å². The van der Waals surface area contributed by atoms with Crippen molar-refractivity contribution in [2.75, 3.05) is 0 Å². The van der Waals surface area contributed by atoms with E-state index in [4.69, 9.17) is 5.26 Å². The van der Waals surface area contributed by atoms with Gasteiger partial charge in [-0.3, -0.25) is 4.79 Å². The number of hydrogen-bond acceptors (Lipinski definition) is 3. The monoisotopic (exact) mass is 320 g/mol. The van der Waals surface area contributed by atoms with Gasteiger partial charge in [0.15, 0.2) is 0 Å². The molecule has 0 fully saturated rings. The molecule has 1 aliphatic carbocycles. The van der Waals surface area contributed by atoms with Crippen LogP contribution in [0.3, 0.4) is 0 Å². The van der Waals surface area contributed by atoms with Gasteiger partial charge in [0, 0.05) is 6.42 Å². The molecule has 0 saturated carbocycles. The van der Waals surface area contributed by atoms with E-state index in [-0.39, 0.29) is 5.91 Å². The zero-order chi connectivity index (χ0) is 17.3. The molecule has 2 aromatic rings. The maximum absolute atomic E-state index is 12.9. The number of hydrogen-bond donors (Lipinski definition) is 2. The van der Waals surface area contributed by atoms with Crippen LogP contribution in [0.1, 0.15) is 42.1 Å². The summed E-state index contributed by atoms with van der Waals surface area (Å²) in [6.07, 6.45) is -0.0709. The first-order valence-electron chi connectivity index (χ1n) is 8.01. The van der Waals surface area contributed by atoms with E-state index >= 15 is 0 Å². The van der Waals surface area contributed by atoms with Crippen molar-refractivity contribution in [3.05, 3.63) is 70.8 Å². The lowest BCUT2D eigenvalue weighted by Gasteiger charge is -2.28. The molecule has 4 heteroatoms. The number of nitriles is 1. The fraction of sp³-hybridized carbons (Fsp3) is 0.300. The van der Waals surface area contributed by atoms with Gasteiger partial charge in [0.1, 0.15) is 0 Å². The van der Waals surface area contributed by atoms with Crippen molar-refractivity contribution in [1.82, 2.24) is 5.32 Å². The summed E-state index contributed by atoms with van der Waals surface area (Å²) in [7, 11) is 0. The molecule has 0 radical (unpaired) electrons. The molecular weight excluding hydrogens is 300 g/mol. The zero-order valence-corrected chi connectivity index (χ0v) is 13.8. The number of carbonyl (C=O) groups excluding carboxylic acids is 1. The average molecular weight is 320 g/mol. The van der Waals surface area contributed by atoms with E-state index < -0.39 is 17.6 Å². The first-order chi connectivity index (χ1) is 11.4. The van der Waals surface area contributed by atoms with E-state index in [0.717, 1.165) is 16.7 Å². The van der Waals surface area contributed by atoms with Crippen LogP contribution in [0, 0.1) is 11.3 Å². The lowest BCUT2D eigenvalue weighted by molar-refractivity contribution is -0.127. The Kier molecular flexibility index (Phi) is 4.13. The van der Waals surface area contributed by atoms with Crippen LogP contribution in [0.4, 0.5) is 0 Å². The average Bonchev–Trinajstić information content (AvgIpc) is 2.90. The number of rotatable bonds is 3. The Morgan fingerprint density at radius 2 is 2.00 bits per heavy atom. The molecule has 3 rings (SSSR count). The number of nitrogens with zero attached hydrogens (tertiary/aromatic N) is 1. The molecule has 1 aliphatic rings. The van der Waals surface area contributed by atoms with Crippen LogP contribution >= 0.6 is 0 Å². The number of aliphatic hydroxyl groups excluding tert-OH is 1. The van der Waals surface area contributed by atoms with Gasteiger partial charge in [-0.2, -0.15) is 5.26 Å². The Labute approximate surface area is 141 Å². The van der Waals surface area contributed by atoms with Gasteiger partial charge in [-0.05, 0) is 42.7 Å². The molecule has 2 aromatic carbocycles. The lowest BCUT2D eigenvalue weighted by Crippen LogP contribution is -2.44. The van der Waals surface area contributed by atoms with Crippen LogP contribution in [0.2, 0.25) is 0 Å². The molecule has 4 nitrogen and oxygen atoms in total. The van der Waals surface area contributed by atoms with E-state index in [2.05, 4.69) is 11.4 Å². The third-order valence-corrected chi connectivity index (χ3v) is 4.77. The molecule has 0 bridgehead atoms. The third-order valence-electron chi connectivity index (χ3n) is 4.77. The van der Waals surface area contributed by atoms with Crippen LogP contribution in [-0.4, -0.2) is 17.1 Å². The zero-order valence-electron chi connectivity index (χ0n) is 13.8. The lowest BCUT2D eigenvalue weighted by atomic mass is 9.82. The second kappa shape index (κ2) is 6.10. The van der Waals surface area contributed by atoms with Crippen LogP contribution in [0.25, 0.3) is 0 Å². The van der Waals surface area contributed by atoms with Gasteiger partial charge in [-0.25, -0.2) is 0 Å². The molecule has 0 saturated heterocycles. The summed E-state index contributed by atoms with van der Waals surface area (Å²) in [5.74, 6) is -0.168. The first-order valence-corrected chi connectivity index (χ1v) is 8.01. The molecule has 0 spiro atoms. The van der Waals surface area contributed by atoms with Gasteiger partial charge in [0.25, 0.3) is 0 Å². The first kappa shape index (κ1) is 16.2. The number of nitrogens with one attached hydrogen (secondary N) is 1. The van der Waals surface area contributed by atoms with Crippen molar-refractivity contribution in [2.45, 2.75) is 37.8 Å². The fourth-order valence-corrected chi connectivity index (χ4v) is 3.18. The highest BCUT2D eigenvalue weighted by molar-refractivity contribution is 5.88. The smallest absolute Gasteiger partial charge is 0.230 e. The molecule has 0 heterocycles. The van der Waals surface area contributed by atoms with E-state index in [1.807, 2.05) is 44.2 Å². The van der Waals surface area contributed by atoms with Crippen molar-refractivity contribution in [3.63, 3.8) is 0 Å². The second-order valence-electron chi connectivity index (χ2n) is 6.74. The minimum absolute atomic E-state index is 0.168. The number of benzene rings is 2. The summed E-state index contributed by atoms with van der Waals surface area (Å²) in [4.78, 5) is 12.9. The predicted octanol–water partition coefficient (Wildman–Crippen LogP) is 2.61. The summed E-state index contributed by atoms with van der Waals surface area (Å²) >= 11 is 0. The van der Waals surface area contributed by atoms with Crippen LogP contribution in [0.15, 0.2) is 48.5 Å². The van der Waals surface area contributed by atoms with Crippen molar-refractivity contribution in [3.8, 4) is 6.07 Å². The quantitative estimate of drug-likeness (QED) is 0.913. The van der Waals surface area contributed by atoms with Gasteiger partial charge in [-0.15, -0.1) is 0 Å². The summed E-state index contributed by atoms with van der Waals surface area (Å²) in [6.45, 7) is 3.65. The minimum Gasteiger partial charge on any atom is -0.390 e. The minimum atomic E-state index is -0.801. The van der Waals surface area contributed by atoms with E-state index in [1.165, 1.54) is 0 Å². The summed E-state index contributed by atoms with van der Waals surface area (Å²) in [5, 5.41) is 22.4. The summed E-state index contributed by atoms with van der Waals surface area (Å²) in [5.41, 5.74) is 2.54. The Morgan fingerprint density at radius 1 is 1.25 bits per heavy atom. The highest BCUT2D eigenvalue weighted by atomic mass is 16.3. The number of aliphatic hydroxyl groups is 1. The van der Waals surface area contributed by atoms with E-state index in [9.17, 15) is 9.90 Å². The van der Waals surface area contributed by atoms with Gasteiger partial charge < -0.3 is 10.4 Å². The van der Waals surface area contributed by atoms with Crippen molar-refractivity contribution >= 4 is 5.91 Å².